The molecule has 3 aromatic carbocycles. The van der Waals surface area contributed by atoms with Gasteiger partial charge in [-0.05, 0) is 47.0 Å². The fourth-order valence-corrected chi connectivity index (χ4v) is 5.85. The largest absolute Gasteiger partial charge is 0.497 e. The van der Waals surface area contributed by atoms with Crippen LogP contribution < -0.4 is 14.2 Å². The summed E-state index contributed by atoms with van der Waals surface area (Å²) in [5, 5.41) is 1.09. The van der Waals surface area contributed by atoms with Crippen molar-refractivity contribution in [1.82, 2.24) is 14.8 Å². The number of carbonyl (C=O) groups is 2. The lowest BCUT2D eigenvalue weighted by molar-refractivity contribution is -0.159. The second-order valence-corrected chi connectivity index (χ2v) is 9.64. The van der Waals surface area contributed by atoms with Gasteiger partial charge in [0.05, 0.1) is 13.2 Å². The highest BCUT2D eigenvalue weighted by Crippen LogP contribution is 2.43. The standard InChI is InChI=1S/C29H25N3O5/c1-35-19-9-7-18(8-10-19)28-27-21(20-4-2-3-5-22(20)30-27)13-23-29(34)31(15-26(33)32(23)28)14-17-6-11-24-25(12-17)37-16-36-24/h2-12,23,28,30H,13-16H2,1H3/t23-,28?/m0/s1. The molecule has 1 unspecified atom stereocenters. The van der Waals surface area contributed by atoms with Gasteiger partial charge in [0.2, 0.25) is 18.6 Å². The van der Waals surface area contributed by atoms with Crippen LogP contribution in [0, 0.1) is 0 Å². The van der Waals surface area contributed by atoms with Crippen molar-refractivity contribution in [3.8, 4) is 17.2 Å². The Morgan fingerprint density at radius 1 is 1.00 bits per heavy atom. The summed E-state index contributed by atoms with van der Waals surface area (Å²) in [7, 11) is 1.63. The van der Waals surface area contributed by atoms with E-state index in [1.165, 1.54) is 0 Å². The van der Waals surface area contributed by atoms with E-state index in [4.69, 9.17) is 14.2 Å². The molecule has 8 nitrogen and oxygen atoms in total. The van der Waals surface area contributed by atoms with Gasteiger partial charge in [-0.15, -0.1) is 0 Å². The molecule has 8 heteroatoms. The number of amides is 2. The predicted molar refractivity (Wildman–Crippen MR) is 135 cm³/mol. The van der Waals surface area contributed by atoms with Crippen molar-refractivity contribution in [3.63, 3.8) is 0 Å². The molecule has 186 valence electrons. The molecule has 2 atom stereocenters. The molecule has 0 bridgehead atoms. The van der Waals surface area contributed by atoms with Gasteiger partial charge in [0, 0.05) is 29.6 Å². The highest BCUT2D eigenvalue weighted by Gasteiger charge is 2.48. The maximum atomic E-state index is 13.9. The Labute approximate surface area is 213 Å². The third-order valence-electron chi connectivity index (χ3n) is 7.58. The minimum absolute atomic E-state index is 0.0198. The van der Waals surface area contributed by atoms with E-state index >= 15 is 0 Å². The molecule has 4 heterocycles. The summed E-state index contributed by atoms with van der Waals surface area (Å²) in [6.45, 7) is 0.544. The van der Waals surface area contributed by atoms with Gasteiger partial charge in [-0.25, -0.2) is 0 Å². The van der Waals surface area contributed by atoms with Crippen molar-refractivity contribution in [2.75, 3.05) is 20.4 Å². The number of para-hydroxylation sites is 1. The van der Waals surface area contributed by atoms with Crippen molar-refractivity contribution < 1.29 is 23.8 Å². The molecule has 1 aromatic heterocycles. The topological polar surface area (TPSA) is 84.1 Å². The third kappa shape index (κ3) is 3.43. The second-order valence-electron chi connectivity index (χ2n) is 9.64. The Morgan fingerprint density at radius 2 is 1.81 bits per heavy atom. The van der Waals surface area contributed by atoms with Gasteiger partial charge in [0.1, 0.15) is 18.3 Å². The number of benzene rings is 3. The molecule has 3 aliphatic heterocycles. The normalized spacial score (nSPS) is 20.2. The van der Waals surface area contributed by atoms with Crippen molar-refractivity contribution in [1.29, 1.82) is 0 Å². The van der Waals surface area contributed by atoms with Crippen LogP contribution in [0.4, 0.5) is 0 Å². The van der Waals surface area contributed by atoms with Crippen LogP contribution in [-0.4, -0.2) is 53.1 Å². The molecule has 0 radical (unpaired) electrons. The van der Waals surface area contributed by atoms with Crippen LogP contribution in [0.5, 0.6) is 17.2 Å². The summed E-state index contributed by atoms with van der Waals surface area (Å²) in [5.41, 5.74) is 4.89. The Hall–Kier alpha value is -4.46. The first-order chi connectivity index (χ1) is 18.1. The van der Waals surface area contributed by atoms with Crippen molar-refractivity contribution in [3.05, 3.63) is 89.1 Å². The van der Waals surface area contributed by atoms with Gasteiger partial charge in [-0.3, -0.25) is 9.59 Å². The van der Waals surface area contributed by atoms with E-state index in [-0.39, 0.29) is 25.2 Å². The predicted octanol–water partition coefficient (Wildman–Crippen LogP) is 3.79. The number of hydrogen-bond donors (Lipinski definition) is 1. The molecule has 0 aliphatic carbocycles. The first kappa shape index (κ1) is 21.8. The zero-order valence-electron chi connectivity index (χ0n) is 20.3. The molecule has 4 aromatic rings. The van der Waals surface area contributed by atoms with Crippen LogP contribution in [0.2, 0.25) is 0 Å². The molecule has 37 heavy (non-hydrogen) atoms. The second kappa shape index (κ2) is 8.30. The average Bonchev–Trinajstić information content (AvgIpc) is 3.54. The van der Waals surface area contributed by atoms with Crippen LogP contribution >= 0.6 is 0 Å². The van der Waals surface area contributed by atoms with E-state index in [0.717, 1.165) is 39.0 Å². The van der Waals surface area contributed by atoms with E-state index in [9.17, 15) is 9.59 Å². The van der Waals surface area contributed by atoms with Crippen LogP contribution in [-0.2, 0) is 22.6 Å². The molecule has 1 N–H and O–H groups in total. The summed E-state index contributed by atoms with van der Waals surface area (Å²) in [4.78, 5) is 34.7. The minimum Gasteiger partial charge on any atom is -0.497 e. The lowest BCUT2D eigenvalue weighted by Crippen LogP contribution is -2.62. The number of piperazine rings is 1. The number of methoxy groups -OCH3 is 1. The van der Waals surface area contributed by atoms with Gasteiger partial charge in [-0.1, -0.05) is 36.4 Å². The molecule has 1 saturated heterocycles. The van der Waals surface area contributed by atoms with Gasteiger partial charge < -0.3 is 29.0 Å². The Kier molecular flexibility index (Phi) is 4.89. The summed E-state index contributed by atoms with van der Waals surface area (Å²) < 4.78 is 16.3. The highest BCUT2D eigenvalue weighted by molar-refractivity contribution is 5.97. The zero-order valence-corrected chi connectivity index (χ0v) is 20.3. The van der Waals surface area contributed by atoms with Crippen LogP contribution in [0.3, 0.4) is 0 Å². The first-order valence-electron chi connectivity index (χ1n) is 12.3. The average molecular weight is 496 g/mol. The third-order valence-corrected chi connectivity index (χ3v) is 7.58. The van der Waals surface area contributed by atoms with Gasteiger partial charge >= 0.3 is 0 Å². The van der Waals surface area contributed by atoms with E-state index in [1.54, 1.807) is 16.9 Å². The quantitative estimate of drug-likeness (QED) is 0.466. The molecule has 2 amide bonds. The molecule has 0 spiro atoms. The van der Waals surface area contributed by atoms with Gasteiger partial charge in [0.25, 0.3) is 0 Å². The molecule has 0 saturated carbocycles. The number of nitrogens with zero attached hydrogens (tertiary/aromatic N) is 2. The number of rotatable bonds is 4. The molecular formula is C29H25N3O5. The number of aromatic nitrogens is 1. The zero-order chi connectivity index (χ0) is 25.1. The summed E-state index contributed by atoms with van der Waals surface area (Å²) in [5.74, 6) is 1.97. The fraction of sp³-hybridized carbons (Fsp3) is 0.241. The van der Waals surface area contributed by atoms with E-state index < -0.39 is 12.1 Å². The number of ether oxygens (including phenoxy) is 3. The van der Waals surface area contributed by atoms with E-state index in [2.05, 4.69) is 11.1 Å². The summed E-state index contributed by atoms with van der Waals surface area (Å²) >= 11 is 0. The van der Waals surface area contributed by atoms with Gasteiger partial charge in [0.15, 0.2) is 11.5 Å². The first-order valence-corrected chi connectivity index (χ1v) is 12.3. The molecule has 3 aliphatic rings. The van der Waals surface area contributed by atoms with E-state index in [0.29, 0.717) is 24.5 Å². The number of carbonyl (C=O) groups excluding carboxylic acids is 2. The number of H-pyrrole nitrogens is 1. The Balaban J connectivity index is 1.29. The number of hydrogen-bond acceptors (Lipinski definition) is 5. The number of aromatic amines is 1. The summed E-state index contributed by atoms with van der Waals surface area (Å²) in [6, 6.07) is 20.5. The maximum Gasteiger partial charge on any atom is 0.246 e. The van der Waals surface area contributed by atoms with Crippen LogP contribution in [0.15, 0.2) is 66.7 Å². The van der Waals surface area contributed by atoms with Crippen LogP contribution in [0.25, 0.3) is 10.9 Å². The van der Waals surface area contributed by atoms with Crippen molar-refractivity contribution in [2.24, 2.45) is 0 Å². The Bertz CT molecular complexity index is 1540. The smallest absolute Gasteiger partial charge is 0.246 e. The summed E-state index contributed by atoms with van der Waals surface area (Å²) in [6.07, 6.45) is 0.466. The van der Waals surface area contributed by atoms with Crippen molar-refractivity contribution >= 4 is 22.7 Å². The number of nitrogens with one attached hydrogen (secondary N) is 1. The molecule has 1 fully saturated rings. The van der Waals surface area contributed by atoms with E-state index in [1.807, 2.05) is 60.7 Å². The highest BCUT2D eigenvalue weighted by atomic mass is 16.7. The lowest BCUT2D eigenvalue weighted by Gasteiger charge is -2.47. The number of fused-ring (bicyclic) bond motifs is 5. The monoisotopic (exact) mass is 495 g/mol. The SMILES string of the molecule is COc1ccc(C2c3[nH]c4ccccc4c3C[C@H]3C(=O)N(Cc4ccc5c(c4)OCO5)CC(=O)N23)cc1. The minimum atomic E-state index is -0.589. The molecule has 7 rings (SSSR count). The fourth-order valence-electron chi connectivity index (χ4n) is 5.85. The van der Waals surface area contributed by atoms with Gasteiger partial charge in [-0.2, -0.15) is 0 Å². The van der Waals surface area contributed by atoms with Crippen LogP contribution in [0.1, 0.15) is 28.4 Å². The Morgan fingerprint density at radius 3 is 2.65 bits per heavy atom. The maximum absolute atomic E-state index is 13.9. The lowest BCUT2D eigenvalue weighted by atomic mass is 9.86. The van der Waals surface area contributed by atoms with Crippen molar-refractivity contribution in [2.45, 2.75) is 25.0 Å². The molecular weight excluding hydrogens is 470 g/mol.